The van der Waals surface area contributed by atoms with E-state index >= 15 is 0 Å². The molecule has 4 nitrogen and oxygen atoms in total. The lowest BCUT2D eigenvalue weighted by Gasteiger charge is -2.21. The molecular weight excluding hydrogens is 254 g/mol. The summed E-state index contributed by atoms with van der Waals surface area (Å²) in [5, 5.41) is 10.4. The van der Waals surface area contributed by atoms with Crippen LogP contribution in [0.25, 0.3) is 11.0 Å². The molecule has 5 heteroatoms. The van der Waals surface area contributed by atoms with E-state index in [9.17, 15) is 4.79 Å². The number of likely N-dealkylation sites (N-methyl/N-ethyl adjacent to an activating group) is 1. The van der Waals surface area contributed by atoms with E-state index in [1.165, 1.54) is 4.90 Å². The third-order valence-electron chi connectivity index (χ3n) is 2.93. The van der Waals surface area contributed by atoms with E-state index < -0.39 is 0 Å². The first-order chi connectivity index (χ1) is 8.52. The van der Waals surface area contributed by atoms with Gasteiger partial charge in [-0.3, -0.25) is 4.79 Å². The van der Waals surface area contributed by atoms with Crippen molar-refractivity contribution in [3.8, 4) is 0 Å². The summed E-state index contributed by atoms with van der Waals surface area (Å²) in [6.07, 6.45) is 0. The fourth-order valence-electron chi connectivity index (χ4n) is 1.62. The zero-order valence-corrected chi connectivity index (χ0v) is 10.9. The van der Waals surface area contributed by atoms with Crippen LogP contribution in [0.3, 0.4) is 0 Å². The highest BCUT2D eigenvalue weighted by molar-refractivity contribution is 6.31. The Kier molecular flexibility index (Phi) is 3.59. The molecule has 1 heterocycles. The molecule has 1 unspecified atom stereocenters. The Balaban J connectivity index is 2.33. The Morgan fingerprint density at radius 3 is 2.89 bits per heavy atom. The molecule has 2 rings (SSSR count). The number of aliphatic hydroxyl groups is 1. The fourth-order valence-corrected chi connectivity index (χ4v) is 1.80. The lowest BCUT2D eigenvalue weighted by Crippen LogP contribution is -2.37. The van der Waals surface area contributed by atoms with Gasteiger partial charge in [-0.1, -0.05) is 11.6 Å². The number of rotatable bonds is 3. The van der Waals surface area contributed by atoms with Gasteiger partial charge in [-0.25, -0.2) is 0 Å². The van der Waals surface area contributed by atoms with Gasteiger partial charge in [-0.2, -0.15) is 0 Å². The van der Waals surface area contributed by atoms with Gasteiger partial charge in [0.25, 0.3) is 5.91 Å². The molecule has 0 aliphatic carbocycles. The Morgan fingerprint density at radius 1 is 1.50 bits per heavy atom. The summed E-state index contributed by atoms with van der Waals surface area (Å²) in [4.78, 5) is 13.5. The van der Waals surface area contributed by atoms with Crippen molar-refractivity contribution in [2.75, 3.05) is 13.7 Å². The van der Waals surface area contributed by atoms with Crippen molar-refractivity contribution in [2.45, 2.75) is 13.0 Å². The maximum Gasteiger partial charge on any atom is 0.289 e. The van der Waals surface area contributed by atoms with Gasteiger partial charge in [0, 0.05) is 17.5 Å². The van der Waals surface area contributed by atoms with Crippen molar-refractivity contribution < 1.29 is 14.3 Å². The van der Waals surface area contributed by atoms with Crippen LogP contribution in [-0.4, -0.2) is 35.6 Å². The van der Waals surface area contributed by atoms with Crippen LogP contribution in [0.2, 0.25) is 5.02 Å². The van der Waals surface area contributed by atoms with Gasteiger partial charge >= 0.3 is 0 Å². The molecule has 1 N–H and O–H groups in total. The first kappa shape index (κ1) is 12.9. The van der Waals surface area contributed by atoms with Crippen LogP contribution < -0.4 is 0 Å². The molecule has 0 aliphatic rings. The van der Waals surface area contributed by atoms with Gasteiger partial charge in [0.1, 0.15) is 5.58 Å². The number of carbonyl (C=O) groups excluding carboxylic acids is 1. The van der Waals surface area contributed by atoms with Crippen molar-refractivity contribution in [2.24, 2.45) is 0 Å². The molecule has 1 aromatic carbocycles. The van der Waals surface area contributed by atoms with Gasteiger partial charge in [-0.15, -0.1) is 0 Å². The number of amides is 1. The minimum Gasteiger partial charge on any atom is -0.451 e. The first-order valence-electron chi connectivity index (χ1n) is 5.60. The van der Waals surface area contributed by atoms with Crippen LogP contribution in [0, 0.1) is 0 Å². The molecule has 1 aromatic heterocycles. The average molecular weight is 268 g/mol. The van der Waals surface area contributed by atoms with E-state index in [0.29, 0.717) is 10.6 Å². The summed E-state index contributed by atoms with van der Waals surface area (Å²) >= 11 is 5.87. The lowest BCUT2D eigenvalue weighted by atomic mass is 10.2. The zero-order chi connectivity index (χ0) is 13.3. The van der Waals surface area contributed by atoms with Crippen LogP contribution in [0.5, 0.6) is 0 Å². The number of nitrogens with zero attached hydrogens (tertiary/aromatic N) is 1. The van der Waals surface area contributed by atoms with Crippen molar-refractivity contribution in [1.82, 2.24) is 4.90 Å². The topological polar surface area (TPSA) is 53.7 Å². The van der Waals surface area contributed by atoms with Gasteiger partial charge in [0.15, 0.2) is 5.76 Å². The normalized spacial score (nSPS) is 12.7. The number of hydrogen-bond acceptors (Lipinski definition) is 3. The van der Waals surface area contributed by atoms with Crippen molar-refractivity contribution in [3.63, 3.8) is 0 Å². The molecule has 0 fully saturated rings. The molecule has 0 bridgehead atoms. The molecule has 0 spiro atoms. The molecule has 0 saturated carbocycles. The molecule has 0 aliphatic heterocycles. The van der Waals surface area contributed by atoms with Crippen LogP contribution in [-0.2, 0) is 0 Å². The number of carbonyl (C=O) groups is 1. The molecule has 0 radical (unpaired) electrons. The second-order valence-corrected chi connectivity index (χ2v) is 4.68. The maximum atomic E-state index is 12.1. The third-order valence-corrected chi connectivity index (χ3v) is 3.17. The van der Waals surface area contributed by atoms with Gasteiger partial charge in [0.2, 0.25) is 0 Å². The number of aliphatic hydroxyl groups excluding tert-OH is 1. The number of fused-ring (bicyclic) bond motifs is 1. The van der Waals surface area contributed by atoms with Crippen LogP contribution in [0.1, 0.15) is 17.5 Å². The molecule has 1 amide bonds. The standard InChI is InChI=1S/C13H14ClNO3/c1-8(7-16)15(2)13(17)12-6-9-5-10(14)3-4-11(9)18-12/h3-6,8,16H,7H2,1-2H3. The smallest absolute Gasteiger partial charge is 0.289 e. The third kappa shape index (κ3) is 2.35. The predicted octanol–water partition coefficient (Wildman–Crippen LogP) is 2.54. The van der Waals surface area contributed by atoms with Crippen LogP contribution in [0.4, 0.5) is 0 Å². The lowest BCUT2D eigenvalue weighted by molar-refractivity contribution is 0.0653. The molecule has 1 atom stereocenters. The van der Waals surface area contributed by atoms with E-state index in [0.717, 1.165) is 5.39 Å². The summed E-state index contributed by atoms with van der Waals surface area (Å²) in [5.74, 6) is -0.0149. The molecule has 18 heavy (non-hydrogen) atoms. The van der Waals surface area contributed by atoms with Crippen molar-refractivity contribution >= 4 is 28.5 Å². The summed E-state index contributed by atoms with van der Waals surface area (Å²) in [5.41, 5.74) is 0.618. The van der Waals surface area contributed by atoms with E-state index in [1.807, 2.05) is 0 Å². The monoisotopic (exact) mass is 267 g/mol. The van der Waals surface area contributed by atoms with E-state index in [-0.39, 0.29) is 24.3 Å². The Bertz CT molecular complexity index is 579. The van der Waals surface area contributed by atoms with Crippen molar-refractivity contribution in [1.29, 1.82) is 0 Å². The van der Waals surface area contributed by atoms with E-state index in [2.05, 4.69) is 0 Å². The molecule has 0 saturated heterocycles. The van der Waals surface area contributed by atoms with E-state index in [1.54, 1.807) is 38.2 Å². The first-order valence-corrected chi connectivity index (χ1v) is 5.98. The molecule has 96 valence electrons. The van der Waals surface area contributed by atoms with E-state index in [4.69, 9.17) is 21.1 Å². The maximum absolute atomic E-state index is 12.1. The Morgan fingerprint density at radius 2 is 2.22 bits per heavy atom. The quantitative estimate of drug-likeness (QED) is 0.930. The average Bonchev–Trinajstić information content (AvgIpc) is 2.78. The largest absolute Gasteiger partial charge is 0.451 e. The van der Waals surface area contributed by atoms with Gasteiger partial charge in [0.05, 0.1) is 12.6 Å². The SMILES string of the molecule is CC(CO)N(C)C(=O)c1cc2cc(Cl)ccc2o1. The summed E-state index contributed by atoms with van der Waals surface area (Å²) in [6, 6.07) is 6.58. The Hall–Kier alpha value is -1.52. The molecular formula is C13H14ClNO3. The summed E-state index contributed by atoms with van der Waals surface area (Å²) in [7, 11) is 1.63. The Labute approximate surface area is 110 Å². The van der Waals surface area contributed by atoms with Crippen LogP contribution >= 0.6 is 11.6 Å². The number of furan rings is 1. The number of hydrogen-bond donors (Lipinski definition) is 1. The second-order valence-electron chi connectivity index (χ2n) is 4.24. The number of halogens is 1. The minimum absolute atomic E-state index is 0.0890. The molecule has 2 aromatic rings. The zero-order valence-electron chi connectivity index (χ0n) is 10.2. The minimum atomic E-state index is -0.260. The summed E-state index contributed by atoms with van der Waals surface area (Å²) in [6.45, 7) is 1.67. The predicted molar refractivity (Wildman–Crippen MR) is 69.9 cm³/mol. The summed E-state index contributed by atoms with van der Waals surface area (Å²) < 4.78 is 5.47. The van der Waals surface area contributed by atoms with Gasteiger partial charge < -0.3 is 14.4 Å². The fraction of sp³-hybridized carbons (Fsp3) is 0.308. The highest BCUT2D eigenvalue weighted by Gasteiger charge is 2.20. The van der Waals surface area contributed by atoms with Crippen molar-refractivity contribution in [3.05, 3.63) is 35.0 Å². The highest BCUT2D eigenvalue weighted by atomic mass is 35.5. The van der Waals surface area contributed by atoms with Gasteiger partial charge in [-0.05, 0) is 31.2 Å². The van der Waals surface area contributed by atoms with Crippen LogP contribution in [0.15, 0.2) is 28.7 Å². The number of benzene rings is 1. The highest BCUT2D eigenvalue weighted by Crippen LogP contribution is 2.23. The second kappa shape index (κ2) is 5.00.